The van der Waals surface area contributed by atoms with Crippen LogP contribution in [0.1, 0.15) is 19.3 Å². The number of imidazole rings is 1. The summed E-state index contributed by atoms with van der Waals surface area (Å²) in [6.07, 6.45) is 7.42. The standard InChI is InChI=1S/C10H17N3O/c1-13-6-5-12-10(13)14-9-4-2-3-8(9)7-11/h5-6,8-9H,2-4,7,11H2,1H3. The zero-order chi connectivity index (χ0) is 9.97. The number of hydrogen-bond acceptors (Lipinski definition) is 3. The van der Waals surface area contributed by atoms with Crippen molar-refractivity contribution in [2.24, 2.45) is 18.7 Å². The Labute approximate surface area is 84.1 Å². The molecule has 2 N–H and O–H groups in total. The zero-order valence-electron chi connectivity index (χ0n) is 8.52. The van der Waals surface area contributed by atoms with Crippen molar-refractivity contribution < 1.29 is 4.74 Å². The molecule has 78 valence electrons. The minimum atomic E-state index is 0.265. The maximum atomic E-state index is 5.82. The molecule has 2 unspecified atom stereocenters. The quantitative estimate of drug-likeness (QED) is 0.780. The Balaban J connectivity index is 2.00. The number of nitrogens with two attached hydrogens (primary N) is 1. The van der Waals surface area contributed by atoms with Gasteiger partial charge in [-0.3, -0.25) is 0 Å². The Morgan fingerprint density at radius 2 is 2.50 bits per heavy atom. The van der Waals surface area contributed by atoms with Crippen LogP contribution >= 0.6 is 0 Å². The summed E-state index contributed by atoms with van der Waals surface area (Å²) >= 11 is 0. The van der Waals surface area contributed by atoms with Crippen molar-refractivity contribution >= 4 is 0 Å². The van der Waals surface area contributed by atoms with E-state index in [0.29, 0.717) is 11.9 Å². The van der Waals surface area contributed by atoms with Crippen LogP contribution in [0.25, 0.3) is 0 Å². The van der Waals surface area contributed by atoms with Crippen molar-refractivity contribution in [1.29, 1.82) is 0 Å². The molecule has 2 rings (SSSR count). The molecule has 1 heterocycles. The molecule has 4 nitrogen and oxygen atoms in total. The molecule has 1 aromatic rings. The number of nitrogens with zero attached hydrogens (tertiary/aromatic N) is 2. The Kier molecular flexibility index (Phi) is 2.72. The zero-order valence-corrected chi connectivity index (χ0v) is 8.52. The van der Waals surface area contributed by atoms with Crippen molar-refractivity contribution in [3.05, 3.63) is 12.4 Å². The normalized spacial score (nSPS) is 26.7. The molecule has 1 aromatic heterocycles. The molecular weight excluding hydrogens is 178 g/mol. The summed E-state index contributed by atoms with van der Waals surface area (Å²) in [4.78, 5) is 4.15. The summed E-state index contributed by atoms with van der Waals surface area (Å²) in [5.74, 6) is 0.506. The highest BCUT2D eigenvalue weighted by Gasteiger charge is 2.28. The molecule has 1 fully saturated rings. The topological polar surface area (TPSA) is 53.1 Å². The molecule has 1 aliphatic rings. The second-order valence-electron chi connectivity index (χ2n) is 3.90. The van der Waals surface area contributed by atoms with Crippen LogP contribution in [0.4, 0.5) is 0 Å². The van der Waals surface area contributed by atoms with Crippen LogP contribution < -0.4 is 10.5 Å². The van der Waals surface area contributed by atoms with E-state index in [-0.39, 0.29) is 6.10 Å². The summed E-state index contributed by atoms with van der Waals surface area (Å²) < 4.78 is 7.72. The number of aromatic nitrogens is 2. The third-order valence-corrected chi connectivity index (χ3v) is 2.93. The van der Waals surface area contributed by atoms with Crippen LogP contribution in [0.15, 0.2) is 12.4 Å². The van der Waals surface area contributed by atoms with Gasteiger partial charge in [0.15, 0.2) is 0 Å². The predicted octanol–water partition coefficient (Wildman–Crippen LogP) is 0.926. The second-order valence-corrected chi connectivity index (χ2v) is 3.90. The van der Waals surface area contributed by atoms with Gasteiger partial charge in [-0.05, 0) is 25.8 Å². The van der Waals surface area contributed by atoms with E-state index in [2.05, 4.69) is 4.98 Å². The molecule has 1 aliphatic carbocycles. The van der Waals surface area contributed by atoms with Crippen LogP contribution in [-0.2, 0) is 7.05 Å². The van der Waals surface area contributed by atoms with Crippen molar-refractivity contribution in [2.45, 2.75) is 25.4 Å². The smallest absolute Gasteiger partial charge is 0.296 e. The lowest BCUT2D eigenvalue weighted by molar-refractivity contribution is 0.143. The lowest BCUT2D eigenvalue weighted by atomic mass is 10.1. The molecule has 0 aliphatic heterocycles. The van der Waals surface area contributed by atoms with Crippen LogP contribution in [0.3, 0.4) is 0 Å². The molecular formula is C10H17N3O. The summed E-state index contributed by atoms with van der Waals surface area (Å²) in [5.41, 5.74) is 5.68. The van der Waals surface area contributed by atoms with Crippen LogP contribution in [0.5, 0.6) is 6.01 Å². The van der Waals surface area contributed by atoms with Crippen LogP contribution in [-0.4, -0.2) is 22.2 Å². The molecule has 2 atom stereocenters. The van der Waals surface area contributed by atoms with Gasteiger partial charge in [0.25, 0.3) is 6.01 Å². The lowest BCUT2D eigenvalue weighted by Gasteiger charge is -2.18. The predicted molar refractivity (Wildman–Crippen MR) is 54.0 cm³/mol. The van der Waals surface area contributed by atoms with Gasteiger partial charge in [0.05, 0.1) is 0 Å². The average Bonchev–Trinajstić information content (AvgIpc) is 2.77. The summed E-state index contributed by atoms with van der Waals surface area (Å²) in [6, 6.07) is 0.704. The molecule has 0 amide bonds. The van der Waals surface area contributed by atoms with E-state index in [1.165, 1.54) is 12.8 Å². The summed E-state index contributed by atoms with van der Waals surface area (Å²) in [5, 5.41) is 0. The molecule has 0 aromatic carbocycles. The largest absolute Gasteiger partial charge is 0.461 e. The van der Waals surface area contributed by atoms with E-state index < -0.39 is 0 Å². The Bertz CT molecular complexity index is 297. The van der Waals surface area contributed by atoms with Crippen molar-refractivity contribution in [1.82, 2.24) is 9.55 Å². The highest BCUT2D eigenvalue weighted by atomic mass is 16.5. The molecule has 0 spiro atoms. The van der Waals surface area contributed by atoms with Gasteiger partial charge in [0, 0.05) is 25.4 Å². The fourth-order valence-corrected chi connectivity index (χ4v) is 2.03. The van der Waals surface area contributed by atoms with Gasteiger partial charge in [-0.1, -0.05) is 0 Å². The first-order valence-corrected chi connectivity index (χ1v) is 5.15. The third kappa shape index (κ3) is 1.75. The first kappa shape index (κ1) is 9.52. The van der Waals surface area contributed by atoms with E-state index in [4.69, 9.17) is 10.5 Å². The summed E-state index contributed by atoms with van der Waals surface area (Å²) in [7, 11) is 1.94. The molecule has 0 radical (unpaired) electrons. The van der Waals surface area contributed by atoms with E-state index in [0.717, 1.165) is 13.0 Å². The number of ether oxygens (including phenoxy) is 1. The Morgan fingerprint density at radius 1 is 1.64 bits per heavy atom. The minimum Gasteiger partial charge on any atom is -0.461 e. The number of hydrogen-bond donors (Lipinski definition) is 1. The first-order chi connectivity index (χ1) is 6.81. The maximum Gasteiger partial charge on any atom is 0.296 e. The fraction of sp³-hybridized carbons (Fsp3) is 0.700. The maximum absolute atomic E-state index is 5.82. The first-order valence-electron chi connectivity index (χ1n) is 5.15. The van der Waals surface area contributed by atoms with Crippen LogP contribution in [0.2, 0.25) is 0 Å². The second kappa shape index (κ2) is 4.00. The van der Waals surface area contributed by atoms with Gasteiger partial charge in [0.1, 0.15) is 6.10 Å². The van der Waals surface area contributed by atoms with Gasteiger partial charge < -0.3 is 15.0 Å². The van der Waals surface area contributed by atoms with Crippen LogP contribution in [0, 0.1) is 5.92 Å². The Morgan fingerprint density at radius 3 is 3.14 bits per heavy atom. The van der Waals surface area contributed by atoms with Crippen molar-refractivity contribution in [3.63, 3.8) is 0 Å². The number of rotatable bonds is 3. The lowest BCUT2D eigenvalue weighted by Crippen LogP contribution is -2.28. The molecule has 4 heteroatoms. The third-order valence-electron chi connectivity index (χ3n) is 2.93. The number of aryl methyl sites for hydroxylation is 1. The van der Waals surface area contributed by atoms with Gasteiger partial charge in [-0.15, -0.1) is 0 Å². The molecule has 0 saturated heterocycles. The van der Waals surface area contributed by atoms with Gasteiger partial charge in [0.2, 0.25) is 0 Å². The van der Waals surface area contributed by atoms with Gasteiger partial charge in [-0.25, -0.2) is 4.98 Å². The Hall–Kier alpha value is -1.03. The molecule has 1 saturated carbocycles. The van der Waals surface area contributed by atoms with E-state index in [1.807, 2.05) is 17.8 Å². The fourth-order valence-electron chi connectivity index (χ4n) is 2.03. The molecule has 14 heavy (non-hydrogen) atoms. The van der Waals surface area contributed by atoms with E-state index in [1.54, 1.807) is 6.20 Å². The SMILES string of the molecule is Cn1ccnc1OC1CCCC1CN. The molecule has 0 bridgehead atoms. The highest BCUT2D eigenvalue weighted by Crippen LogP contribution is 2.28. The van der Waals surface area contributed by atoms with E-state index in [9.17, 15) is 0 Å². The highest BCUT2D eigenvalue weighted by molar-refractivity contribution is 4.99. The summed E-state index contributed by atoms with van der Waals surface area (Å²) in [6.45, 7) is 0.717. The minimum absolute atomic E-state index is 0.265. The van der Waals surface area contributed by atoms with Gasteiger partial charge >= 0.3 is 0 Å². The van der Waals surface area contributed by atoms with Gasteiger partial charge in [-0.2, -0.15) is 0 Å². The monoisotopic (exact) mass is 195 g/mol. The average molecular weight is 195 g/mol. The van der Waals surface area contributed by atoms with Crippen molar-refractivity contribution in [2.75, 3.05) is 6.54 Å². The van der Waals surface area contributed by atoms with E-state index >= 15 is 0 Å². The van der Waals surface area contributed by atoms with Crippen molar-refractivity contribution in [3.8, 4) is 6.01 Å².